The van der Waals surface area contributed by atoms with Crippen LogP contribution < -0.4 is 4.74 Å². The summed E-state index contributed by atoms with van der Waals surface area (Å²) in [4.78, 5) is 0. The lowest BCUT2D eigenvalue weighted by atomic mass is 10.2. The second-order valence-electron chi connectivity index (χ2n) is 2.13. The van der Waals surface area contributed by atoms with E-state index in [4.69, 9.17) is 9.84 Å². The third-order valence-corrected chi connectivity index (χ3v) is 2.02. The standard InChI is InChI=1S/C8H9BrO2/c1-11-8-3-2-6(5-10)4-7(8)9/h2-4,10H,5H2,1H3. The Morgan fingerprint density at radius 3 is 2.73 bits per heavy atom. The first-order chi connectivity index (χ1) is 5.27. The molecule has 0 fully saturated rings. The van der Waals surface area contributed by atoms with Gasteiger partial charge >= 0.3 is 0 Å². The maximum atomic E-state index is 8.76. The number of hydrogen-bond donors (Lipinski definition) is 1. The Hall–Kier alpha value is -0.540. The molecule has 0 radical (unpaired) electrons. The van der Waals surface area contributed by atoms with Crippen LogP contribution in [0, 0.1) is 0 Å². The normalized spacial score (nSPS) is 9.73. The molecule has 1 aromatic rings. The lowest BCUT2D eigenvalue weighted by Gasteiger charge is -2.03. The first-order valence-electron chi connectivity index (χ1n) is 3.21. The van der Waals surface area contributed by atoms with Crippen LogP contribution in [0.5, 0.6) is 5.75 Å². The summed E-state index contributed by atoms with van der Waals surface area (Å²) < 4.78 is 5.88. The van der Waals surface area contributed by atoms with E-state index >= 15 is 0 Å². The van der Waals surface area contributed by atoms with Crippen molar-refractivity contribution in [2.45, 2.75) is 6.61 Å². The largest absolute Gasteiger partial charge is 0.496 e. The number of aliphatic hydroxyl groups excluding tert-OH is 1. The number of ether oxygens (including phenoxy) is 1. The summed E-state index contributed by atoms with van der Waals surface area (Å²) in [6, 6.07) is 5.47. The van der Waals surface area contributed by atoms with Crippen molar-refractivity contribution in [1.82, 2.24) is 0 Å². The topological polar surface area (TPSA) is 29.5 Å². The van der Waals surface area contributed by atoms with Crippen LogP contribution in [-0.2, 0) is 6.61 Å². The van der Waals surface area contributed by atoms with E-state index in [0.29, 0.717) is 0 Å². The van der Waals surface area contributed by atoms with Gasteiger partial charge in [0.05, 0.1) is 18.2 Å². The molecule has 0 heterocycles. The summed E-state index contributed by atoms with van der Waals surface area (Å²) in [5.41, 5.74) is 0.873. The van der Waals surface area contributed by atoms with Crippen molar-refractivity contribution < 1.29 is 9.84 Å². The highest BCUT2D eigenvalue weighted by molar-refractivity contribution is 9.10. The van der Waals surface area contributed by atoms with Crippen LogP contribution in [0.15, 0.2) is 22.7 Å². The van der Waals surface area contributed by atoms with E-state index in [-0.39, 0.29) is 6.61 Å². The Morgan fingerprint density at radius 2 is 2.27 bits per heavy atom. The molecular formula is C8H9BrO2. The van der Waals surface area contributed by atoms with E-state index in [0.717, 1.165) is 15.8 Å². The molecule has 0 aliphatic rings. The minimum Gasteiger partial charge on any atom is -0.496 e. The number of rotatable bonds is 2. The predicted octanol–water partition coefficient (Wildman–Crippen LogP) is 1.95. The molecule has 0 bridgehead atoms. The van der Waals surface area contributed by atoms with Gasteiger partial charge in [0, 0.05) is 0 Å². The van der Waals surface area contributed by atoms with Crippen molar-refractivity contribution in [1.29, 1.82) is 0 Å². The molecule has 0 spiro atoms. The van der Waals surface area contributed by atoms with E-state index < -0.39 is 0 Å². The minimum absolute atomic E-state index is 0.0581. The second kappa shape index (κ2) is 3.74. The van der Waals surface area contributed by atoms with E-state index in [9.17, 15) is 0 Å². The molecule has 0 atom stereocenters. The summed E-state index contributed by atoms with van der Waals surface area (Å²) >= 11 is 3.31. The van der Waals surface area contributed by atoms with Gasteiger partial charge in [-0.25, -0.2) is 0 Å². The lowest BCUT2D eigenvalue weighted by molar-refractivity contribution is 0.281. The highest BCUT2D eigenvalue weighted by atomic mass is 79.9. The van der Waals surface area contributed by atoms with Crippen molar-refractivity contribution in [3.63, 3.8) is 0 Å². The van der Waals surface area contributed by atoms with Gasteiger partial charge in [-0.2, -0.15) is 0 Å². The maximum absolute atomic E-state index is 8.76. The maximum Gasteiger partial charge on any atom is 0.133 e. The molecule has 0 unspecified atom stereocenters. The first-order valence-corrected chi connectivity index (χ1v) is 4.00. The van der Waals surface area contributed by atoms with Crippen LogP contribution in [0.3, 0.4) is 0 Å². The van der Waals surface area contributed by atoms with E-state index in [2.05, 4.69) is 15.9 Å². The van der Waals surface area contributed by atoms with Gasteiger partial charge in [0.2, 0.25) is 0 Å². The van der Waals surface area contributed by atoms with Gasteiger partial charge in [-0.15, -0.1) is 0 Å². The summed E-state index contributed by atoms with van der Waals surface area (Å²) in [5, 5.41) is 8.76. The molecule has 0 aliphatic heterocycles. The van der Waals surface area contributed by atoms with Crippen LogP contribution in [0.2, 0.25) is 0 Å². The van der Waals surface area contributed by atoms with Gasteiger partial charge in [0.15, 0.2) is 0 Å². The molecule has 1 aromatic carbocycles. The fourth-order valence-electron chi connectivity index (χ4n) is 0.808. The van der Waals surface area contributed by atoms with E-state index in [1.807, 2.05) is 18.2 Å². The quantitative estimate of drug-likeness (QED) is 0.820. The number of benzene rings is 1. The average Bonchev–Trinajstić information content (AvgIpc) is 2.04. The number of methoxy groups -OCH3 is 1. The van der Waals surface area contributed by atoms with E-state index in [1.165, 1.54) is 0 Å². The van der Waals surface area contributed by atoms with Gasteiger partial charge in [0.25, 0.3) is 0 Å². The Bertz CT molecular complexity index is 248. The van der Waals surface area contributed by atoms with Crippen LogP contribution >= 0.6 is 15.9 Å². The highest BCUT2D eigenvalue weighted by Crippen LogP contribution is 2.25. The molecule has 0 aliphatic carbocycles. The summed E-state index contributed by atoms with van der Waals surface area (Å²) in [5.74, 6) is 0.780. The molecule has 0 aromatic heterocycles. The van der Waals surface area contributed by atoms with Crippen molar-refractivity contribution in [2.24, 2.45) is 0 Å². The molecule has 1 rings (SSSR count). The average molecular weight is 217 g/mol. The Morgan fingerprint density at radius 1 is 1.55 bits per heavy atom. The molecule has 0 saturated carbocycles. The third kappa shape index (κ3) is 1.94. The van der Waals surface area contributed by atoms with E-state index in [1.54, 1.807) is 7.11 Å². The molecule has 3 heteroatoms. The smallest absolute Gasteiger partial charge is 0.133 e. The lowest BCUT2D eigenvalue weighted by Crippen LogP contribution is -1.87. The molecule has 0 amide bonds. The fourth-order valence-corrected chi connectivity index (χ4v) is 1.40. The first kappa shape index (κ1) is 8.56. The summed E-state index contributed by atoms with van der Waals surface area (Å²) in [7, 11) is 1.61. The highest BCUT2D eigenvalue weighted by Gasteiger charge is 1.99. The minimum atomic E-state index is 0.0581. The fraction of sp³-hybridized carbons (Fsp3) is 0.250. The molecule has 60 valence electrons. The zero-order valence-corrected chi connectivity index (χ0v) is 7.76. The number of aliphatic hydroxyl groups is 1. The Kier molecular flexibility index (Phi) is 2.91. The second-order valence-corrected chi connectivity index (χ2v) is 2.98. The van der Waals surface area contributed by atoms with Gasteiger partial charge in [-0.05, 0) is 33.6 Å². The Balaban J connectivity index is 2.99. The van der Waals surface area contributed by atoms with Gasteiger partial charge < -0.3 is 9.84 Å². The SMILES string of the molecule is COc1ccc(CO)cc1Br. The van der Waals surface area contributed by atoms with Crippen LogP contribution in [0.4, 0.5) is 0 Å². The zero-order chi connectivity index (χ0) is 8.27. The monoisotopic (exact) mass is 216 g/mol. The van der Waals surface area contributed by atoms with Crippen molar-refractivity contribution in [3.05, 3.63) is 28.2 Å². The van der Waals surface area contributed by atoms with Gasteiger partial charge in [-0.3, -0.25) is 0 Å². The van der Waals surface area contributed by atoms with Crippen molar-refractivity contribution in [3.8, 4) is 5.75 Å². The molecule has 11 heavy (non-hydrogen) atoms. The summed E-state index contributed by atoms with van der Waals surface area (Å²) in [6.07, 6.45) is 0. The van der Waals surface area contributed by atoms with Gasteiger partial charge in [0.1, 0.15) is 5.75 Å². The Labute approximate surface area is 73.9 Å². The van der Waals surface area contributed by atoms with Crippen LogP contribution in [0.1, 0.15) is 5.56 Å². The molecular weight excluding hydrogens is 208 g/mol. The van der Waals surface area contributed by atoms with Crippen molar-refractivity contribution in [2.75, 3.05) is 7.11 Å². The number of halogens is 1. The van der Waals surface area contributed by atoms with Crippen LogP contribution in [-0.4, -0.2) is 12.2 Å². The summed E-state index contributed by atoms with van der Waals surface area (Å²) in [6.45, 7) is 0.0581. The zero-order valence-electron chi connectivity index (χ0n) is 6.17. The third-order valence-electron chi connectivity index (χ3n) is 1.40. The molecule has 2 nitrogen and oxygen atoms in total. The number of hydrogen-bond acceptors (Lipinski definition) is 2. The van der Waals surface area contributed by atoms with Crippen molar-refractivity contribution >= 4 is 15.9 Å². The predicted molar refractivity (Wildman–Crippen MR) is 46.6 cm³/mol. The van der Waals surface area contributed by atoms with Crippen LogP contribution in [0.25, 0.3) is 0 Å². The molecule has 1 N–H and O–H groups in total. The van der Waals surface area contributed by atoms with Gasteiger partial charge in [-0.1, -0.05) is 6.07 Å². The molecule has 0 saturated heterocycles.